The Morgan fingerprint density at radius 2 is 2.50 bits per heavy atom. The smallest absolute Gasteiger partial charge is 0.231 e. The standard InChI is InChI=1S/C6H8BrN3O2/c1-4-9-5(10-12-4)3-8-6(11)2-7/h2-3H2,1H3,(H,8,11). The van der Waals surface area contributed by atoms with Crippen LogP contribution < -0.4 is 5.32 Å². The van der Waals surface area contributed by atoms with E-state index in [-0.39, 0.29) is 11.2 Å². The van der Waals surface area contributed by atoms with Gasteiger partial charge >= 0.3 is 0 Å². The summed E-state index contributed by atoms with van der Waals surface area (Å²) in [4.78, 5) is 14.7. The third-order valence-electron chi connectivity index (χ3n) is 1.13. The van der Waals surface area contributed by atoms with Crippen LogP contribution in [0.15, 0.2) is 4.52 Å². The Balaban J connectivity index is 2.38. The lowest BCUT2D eigenvalue weighted by Gasteiger charge is -1.96. The molecule has 6 heteroatoms. The van der Waals surface area contributed by atoms with Gasteiger partial charge in [-0.15, -0.1) is 0 Å². The van der Waals surface area contributed by atoms with Gasteiger partial charge in [0.15, 0.2) is 5.82 Å². The second kappa shape index (κ2) is 4.20. The molecule has 1 heterocycles. The maximum atomic E-state index is 10.7. The number of aryl methyl sites for hydroxylation is 1. The van der Waals surface area contributed by atoms with Crippen LogP contribution in [0.4, 0.5) is 0 Å². The molecule has 1 N–H and O–H groups in total. The van der Waals surface area contributed by atoms with Gasteiger partial charge in [0.2, 0.25) is 11.8 Å². The molecule has 1 aromatic rings. The first-order valence-electron chi connectivity index (χ1n) is 3.34. The zero-order chi connectivity index (χ0) is 8.97. The Morgan fingerprint density at radius 3 is 3.00 bits per heavy atom. The zero-order valence-electron chi connectivity index (χ0n) is 6.50. The summed E-state index contributed by atoms with van der Waals surface area (Å²) in [5.74, 6) is 0.886. The van der Waals surface area contributed by atoms with E-state index < -0.39 is 0 Å². The lowest BCUT2D eigenvalue weighted by Crippen LogP contribution is -2.24. The fraction of sp³-hybridized carbons (Fsp3) is 0.500. The van der Waals surface area contributed by atoms with Crippen LogP contribution in [0.3, 0.4) is 0 Å². The molecule has 1 aromatic heterocycles. The van der Waals surface area contributed by atoms with Crippen molar-refractivity contribution in [2.75, 3.05) is 5.33 Å². The van der Waals surface area contributed by atoms with E-state index in [2.05, 4.69) is 31.4 Å². The van der Waals surface area contributed by atoms with E-state index in [4.69, 9.17) is 4.52 Å². The van der Waals surface area contributed by atoms with Crippen molar-refractivity contribution in [1.82, 2.24) is 15.5 Å². The van der Waals surface area contributed by atoms with Crippen molar-refractivity contribution in [1.29, 1.82) is 0 Å². The van der Waals surface area contributed by atoms with Crippen LogP contribution in [0, 0.1) is 6.92 Å². The van der Waals surface area contributed by atoms with Crippen LogP contribution >= 0.6 is 15.9 Å². The van der Waals surface area contributed by atoms with Crippen LogP contribution in [0.2, 0.25) is 0 Å². The summed E-state index contributed by atoms with van der Waals surface area (Å²) >= 11 is 3.02. The number of carbonyl (C=O) groups is 1. The van der Waals surface area contributed by atoms with E-state index in [1.54, 1.807) is 6.92 Å². The molecule has 0 bridgehead atoms. The van der Waals surface area contributed by atoms with Crippen LogP contribution in [0.5, 0.6) is 0 Å². The molecule has 0 spiro atoms. The van der Waals surface area contributed by atoms with E-state index in [0.717, 1.165) is 0 Å². The number of alkyl halides is 1. The van der Waals surface area contributed by atoms with E-state index >= 15 is 0 Å². The van der Waals surface area contributed by atoms with Crippen molar-refractivity contribution >= 4 is 21.8 Å². The third kappa shape index (κ3) is 2.61. The molecule has 0 saturated heterocycles. The number of hydrogen-bond acceptors (Lipinski definition) is 4. The van der Waals surface area contributed by atoms with Gasteiger partial charge in [0, 0.05) is 6.92 Å². The van der Waals surface area contributed by atoms with Gasteiger partial charge in [-0.05, 0) is 0 Å². The van der Waals surface area contributed by atoms with Crippen molar-refractivity contribution in [3.8, 4) is 0 Å². The summed E-state index contributed by atoms with van der Waals surface area (Å²) in [5.41, 5.74) is 0. The lowest BCUT2D eigenvalue weighted by atomic mass is 10.5. The minimum absolute atomic E-state index is 0.0996. The predicted octanol–water partition coefficient (Wildman–Crippen LogP) is 0.389. The lowest BCUT2D eigenvalue weighted by molar-refractivity contribution is -0.118. The SMILES string of the molecule is Cc1nc(CNC(=O)CBr)no1. The first-order chi connectivity index (χ1) is 5.72. The predicted molar refractivity (Wildman–Crippen MR) is 44.7 cm³/mol. The molecule has 0 radical (unpaired) electrons. The topological polar surface area (TPSA) is 68.0 Å². The molecule has 5 nitrogen and oxygen atoms in total. The summed E-state index contributed by atoms with van der Waals surface area (Å²) in [6.45, 7) is 2.00. The van der Waals surface area contributed by atoms with Gasteiger partial charge in [-0.1, -0.05) is 21.1 Å². The highest BCUT2D eigenvalue weighted by molar-refractivity contribution is 9.09. The molecule has 0 fully saturated rings. The number of hydrogen-bond donors (Lipinski definition) is 1. The summed E-state index contributed by atoms with van der Waals surface area (Å²) in [5, 5.41) is 6.48. The zero-order valence-corrected chi connectivity index (χ0v) is 8.09. The Hall–Kier alpha value is -0.910. The molecule has 0 aromatic carbocycles. The molecule has 66 valence electrons. The molecule has 1 rings (SSSR count). The summed E-state index contributed by atoms with van der Waals surface area (Å²) in [7, 11) is 0. The Labute approximate surface area is 77.7 Å². The molecule has 0 saturated carbocycles. The number of amides is 1. The normalized spacial score (nSPS) is 9.83. The fourth-order valence-corrected chi connectivity index (χ4v) is 0.836. The summed E-state index contributed by atoms with van der Waals surface area (Å²) in [6.07, 6.45) is 0. The molecule has 12 heavy (non-hydrogen) atoms. The quantitative estimate of drug-likeness (QED) is 0.768. The average Bonchev–Trinajstić information content (AvgIpc) is 2.47. The monoisotopic (exact) mass is 233 g/mol. The van der Waals surface area contributed by atoms with Crippen molar-refractivity contribution < 1.29 is 9.32 Å². The maximum absolute atomic E-state index is 10.7. The Morgan fingerprint density at radius 1 is 1.75 bits per heavy atom. The van der Waals surface area contributed by atoms with E-state index in [1.807, 2.05) is 0 Å². The second-order valence-corrected chi connectivity index (χ2v) is 2.70. The second-order valence-electron chi connectivity index (χ2n) is 2.14. The molecular formula is C6H8BrN3O2. The maximum Gasteiger partial charge on any atom is 0.231 e. The highest BCUT2D eigenvalue weighted by atomic mass is 79.9. The van der Waals surface area contributed by atoms with Gasteiger partial charge in [0.25, 0.3) is 0 Å². The van der Waals surface area contributed by atoms with Crippen molar-refractivity contribution in [2.24, 2.45) is 0 Å². The highest BCUT2D eigenvalue weighted by Gasteiger charge is 2.03. The number of aromatic nitrogens is 2. The Bertz CT molecular complexity index is 274. The fourth-order valence-electron chi connectivity index (χ4n) is 0.638. The molecule has 0 atom stereocenters. The van der Waals surface area contributed by atoms with Gasteiger partial charge < -0.3 is 9.84 Å². The van der Waals surface area contributed by atoms with Crippen LogP contribution in [-0.4, -0.2) is 21.4 Å². The molecule has 0 aliphatic rings. The van der Waals surface area contributed by atoms with E-state index in [1.165, 1.54) is 0 Å². The first kappa shape index (κ1) is 9.18. The van der Waals surface area contributed by atoms with Crippen molar-refractivity contribution in [2.45, 2.75) is 13.5 Å². The van der Waals surface area contributed by atoms with E-state index in [0.29, 0.717) is 18.3 Å². The number of rotatable bonds is 3. The van der Waals surface area contributed by atoms with E-state index in [9.17, 15) is 4.79 Å². The number of halogens is 1. The van der Waals surface area contributed by atoms with Gasteiger partial charge in [-0.3, -0.25) is 4.79 Å². The van der Waals surface area contributed by atoms with Gasteiger partial charge in [0.05, 0.1) is 11.9 Å². The summed E-state index contributed by atoms with van der Waals surface area (Å²) < 4.78 is 4.71. The number of nitrogens with zero attached hydrogens (tertiary/aromatic N) is 2. The average molecular weight is 234 g/mol. The molecule has 0 aliphatic heterocycles. The first-order valence-corrected chi connectivity index (χ1v) is 4.46. The van der Waals surface area contributed by atoms with Crippen molar-refractivity contribution in [3.05, 3.63) is 11.7 Å². The largest absolute Gasteiger partial charge is 0.348 e. The van der Waals surface area contributed by atoms with Gasteiger partial charge in [-0.25, -0.2) is 0 Å². The van der Waals surface area contributed by atoms with Crippen LogP contribution in [0.25, 0.3) is 0 Å². The third-order valence-corrected chi connectivity index (χ3v) is 1.64. The minimum atomic E-state index is -0.0996. The van der Waals surface area contributed by atoms with Gasteiger partial charge in [-0.2, -0.15) is 4.98 Å². The van der Waals surface area contributed by atoms with Crippen molar-refractivity contribution in [3.63, 3.8) is 0 Å². The molecule has 1 amide bonds. The minimum Gasteiger partial charge on any atom is -0.348 e. The summed E-state index contributed by atoms with van der Waals surface area (Å²) in [6, 6.07) is 0. The van der Waals surface area contributed by atoms with Crippen LogP contribution in [0.1, 0.15) is 11.7 Å². The van der Waals surface area contributed by atoms with Gasteiger partial charge in [0.1, 0.15) is 0 Å². The van der Waals surface area contributed by atoms with Crippen LogP contribution in [-0.2, 0) is 11.3 Å². The molecule has 0 aliphatic carbocycles. The molecular weight excluding hydrogens is 226 g/mol. The number of nitrogens with one attached hydrogen (secondary N) is 1. The number of carbonyl (C=O) groups excluding carboxylic acids is 1. The highest BCUT2D eigenvalue weighted by Crippen LogP contribution is 1.93. The Kier molecular flexibility index (Phi) is 3.21. The molecule has 0 unspecified atom stereocenters.